The minimum Gasteiger partial charge on any atom is -0.477 e. The number of nitrogens with two attached hydrogens (primary N) is 1. The SMILES string of the molecule is Nc1nc(/C(=N\OC2C=CCC2)C(=O)NC2C(=O)N3C(C(=O)O)=C(CSc4nnnn4CCO)CSC23)cs1. The molecule has 3 aliphatic rings. The molecule has 15 nitrogen and oxygen atoms in total. The Hall–Kier alpha value is -3.48. The summed E-state index contributed by atoms with van der Waals surface area (Å²) in [5.41, 5.74) is 6.22. The van der Waals surface area contributed by atoms with Gasteiger partial charge in [-0.15, -0.1) is 28.2 Å². The Morgan fingerprint density at radius 1 is 1.38 bits per heavy atom. The zero-order valence-corrected chi connectivity index (χ0v) is 22.6. The molecule has 2 aliphatic heterocycles. The van der Waals surface area contributed by atoms with Crippen molar-refractivity contribution in [3.63, 3.8) is 0 Å². The van der Waals surface area contributed by atoms with Crippen LogP contribution in [0.5, 0.6) is 0 Å². The third-order valence-corrected chi connectivity index (χ3v) is 9.01. The number of amides is 2. The van der Waals surface area contributed by atoms with Gasteiger partial charge in [-0.05, 0) is 34.9 Å². The predicted octanol–water partition coefficient (Wildman–Crippen LogP) is -0.326. The fourth-order valence-corrected chi connectivity index (χ4v) is 7.04. The highest BCUT2D eigenvalue weighted by Gasteiger charge is 2.54. The first-order valence-corrected chi connectivity index (χ1v) is 14.6. The Labute approximate surface area is 233 Å². The molecular weight excluding hydrogens is 570 g/mol. The number of thiazole rings is 1. The molecule has 18 heteroatoms. The maximum atomic E-state index is 13.2. The Kier molecular flexibility index (Phi) is 8.15. The van der Waals surface area contributed by atoms with E-state index in [9.17, 15) is 19.5 Å². The molecule has 1 aliphatic carbocycles. The van der Waals surface area contributed by atoms with Gasteiger partial charge in [0, 0.05) is 16.9 Å². The molecule has 0 saturated carbocycles. The number of aliphatic carboxylic acids is 1. The van der Waals surface area contributed by atoms with Gasteiger partial charge in [-0.3, -0.25) is 14.5 Å². The van der Waals surface area contributed by atoms with Gasteiger partial charge in [0.1, 0.15) is 28.9 Å². The summed E-state index contributed by atoms with van der Waals surface area (Å²) in [6.45, 7) is 0.0464. The van der Waals surface area contributed by atoms with Crippen molar-refractivity contribution in [2.24, 2.45) is 5.16 Å². The quantitative estimate of drug-likeness (QED) is 0.0866. The number of thioether (sulfide) groups is 2. The topological polar surface area (TPSA) is 211 Å². The molecular formula is C21H23N9O6S3. The van der Waals surface area contributed by atoms with E-state index in [1.54, 1.807) is 5.38 Å². The molecule has 0 aromatic carbocycles. The normalized spacial score (nSPS) is 22.6. The molecule has 1 fully saturated rings. The number of fused-ring (bicyclic) bond motifs is 1. The average Bonchev–Trinajstić information content (AvgIpc) is 3.69. The molecule has 3 atom stereocenters. The number of hydrogen-bond acceptors (Lipinski definition) is 14. The highest BCUT2D eigenvalue weighted by atomic mass is 32.2. The number of nitrogens with zero attached hydrogens (tertiary/aromatic N) is 7. The fraction of sp³-hybridized carbons (Fsp3) is 0.429. The van der Waals surface area contributed by atoms with Crippen molar-refractivity contribution < 1.29 is 29.4 Å². The number of aliphatic hydroxyl groups excluding tert-OH is 1. The van der Waals surface area contributed by atoms with Crippen LogP contribution in [0.2, 0.25) is 0 Å². The van der Waals surface area contributed by atoms with Gasteiger partial charge in [0.25, 0.3) is 11.8 Å². The molecule has 2 aromatic rings. The summed E-state index contributed by atoms with van der Waals surface area (Å²) >= 11 is 3.67. The van der Waals surface area contributed by atoms with Crippen LogP contribution in [0.15, 0.2) is 39.1 Å². The number of hydrogen-bond donors (Lipinski definition) is 4. The van der Waals surface area contributed by atoms with E-state index < -0.39 is 29.2 Å². The average molecular weight is 594 g/mol. The van der Waals surface area contributed by atoms with Crippen molar-refractivity contribution >= 4 is 63.5 Å². The molecule has 39 heavy (non-hydrogen) atoms. The minimum absolute atomic E-state index is 0.123. The lowest BCUT2D eigenvalue weighted by Crippen LogP contribution is -2.71. The standard InChI is InChI=1S/C21H23N9O6S3/c22-20-23-12(9-38-20)13(26-36-11-3-1-2-4-11)16(32)24-14-17(33)30-15(19(34)35)10(7-37-18(14)30)8-39-21-25-27-28-29(21)5-6-31/h1,3,9,11,14,18,31H,2,4-8H2,(H2,22,23)(H,24,32)(H,34,35)/b26-13+. The van der Waals surface area contributed by atoms with E-state index in [1.165, 1.54) is 33.1 Å². The van der Waals surface area contributed by atoms with Gasteiger partial charge < -0.3 is 26.1 Å². The first-order chi connectivity index (χ1) is 18.9. The van der Waals surface area contributed by atoms with Gasteiger partial charge in [-0.25, -0.2) is 14.5 Å². The van der Waals surface area contributed by atoms with E-state index in [1.807, 2.05) is 12.2 Å². The summed E-state index contributed by atoms with van der Waals surface area (Å²) in [7, 11) is 0. The number of oxime groups is 1. The largest absolute Gasteiger partial charge is 0.477 e. The highest BCUT2D eigenvalue weighted by molar-refractivity contribution is 8.01. The van der Waals surface area contributed by atoms with Gasteiger partial charge >= 0.3 is 5.97 Å². The highest BCUT2D eigenvalue weighted by Crippen LogP contribution is 2.41. The molecule has 1 saturated heterocycles. The maximum Gasteiger partial charge on any atom is 0.352 e. The van der Waals surface area contributed by atoms with Crippen LogP contribution >= 0.6 is 34.9 Å². The number of nitrogen functional groups attached to an aromatic ring is 1. The zero-order chi connectivity index (χ0) is 27.5. The van der Waals surface area contributed by atoms with Gasteiger partial charge in [0.05, 0.1) is 13.2 Å². The smallest absolute Gasteiger partial charge is 0.352 e. The Bertz CT molecular complexity index is 1370. The number of allylic oxidation sites excluding steroid dienone is 1. The molecule has 4 heterocycles. The number of aliphatic hydroxyl groups is 1. The van der Waals surface area contributed by atoms with Crippen LogP contribution in [0, 0.1) is 0 Å². The number of nitrogens with one attached hydrogen (secondary N) is 1. The third-order valence-electron chi connectivity index (χ3n) is 5.95. The number of carboxylic acids is 1. The summed E-state index contributed by atoms with van der Waals surface area (Å²) in [5.74, 6) is -1.94. The number of β-lactam (4-membered cyclic amide) rings is 1. The van der Waals surface area contributed by atoms with Gasteiger partial charge in [-0.1, -0.05) is 23.0 Å². The van der Waals surface area contributed by atoms with E-state index in [0.717, 1.165) is 24.2 Å². The summed E-state index contributed by atoms with van der Waals surface area (Å²) in [4.78, 5) is 49.3. The van der Waals surface area contributed by atoms with Gasteiger partial charge in [0.2, 0.25) is 5.16 Å². The van der Waals surface area contributed by atoms with E-state index in [0.29, 0.717) is 16.5 Å². The summed E-state index contributed by atoms with van der Waals surface area (Å²) in [6, 6.07) is -0.963. The third kappa shape index (κ3) is 5.63. The number of carbonyl (C=O) groups excluding carboxylic acids is 2. The Morgan fingerprint density at radius 3 is 2.92 bits per heavy atom. The minimum atomic E-state index is -1.25. The second-order valence-electron chi connectivity index (χ2n) is 8.48. The Morgan fingerprint density at radius 2 is 2.23 bits per heavy atom. The lowest BCUT2D eigenvalue weighted by molar-refractivity contribution is -0.150. The predicted molar refractivity (Wildman–Crippen MR) is 142 cm³/mol. The molecule has 2 amide bonds. The lowest BCUT2D eigenvalue weighted by Gasteiger charge is -2.49. The number of tetrazole rings is 1. The van der Waals surface area contributed by atoms with E-state index in [-0.39, 0.29) is 47.2 Å². The lowest BCUT2D eigenvalue weighted by atomic mass is 10.0. The molecule has 5 rings (SSSR count). The van der Waals surface area contributed by atoms with Crippen LogP contribution in [-0.2, 0) is 25.8 Å². The van der Waals surface area contributed by atoms with E-state index in [4.69, 9.17) is 15.7 Å². The van der Waals surface area contributed by atoms with Crippen molar-refractivity contribution in [3.8, 4) is 0 Å². The first kappa shape index (κ1) is 27.1. The number of carbonyl (C=O) groups is 3. The second kappa shape index (κ2) is 11.7. The molecule has 0 bridgehead atoms. The van der Waals surface area contributed by atoms with Gasteiger partial charge in [0.15, 0.2) is 10.8 Å². The van der Waals surface area contributed by atoms with Crippen molar-refractivity contribution in [3.05, 3.63) is 34.5 Å². The van der Waals surface area contributed by atoms with Crippen molar-refractivity contribution in [2.45, 2.75) is 42.1 Å². The molecule has 206 valence electrons. The zero-order valence-electron chi connectivity index (χ0n) is 20.2. The van der Waals surface area contributed by atoms with Gasteiger partial charge in [-0.2, -0.15) is 0 Å². The van der Waals surface area contributed by atoms with E-state index in [2.05, 4.69) is 31.0 Å². The number of rotatable bonds is 11. The van der Waals surface area contributed by atoms with Crippen LogP contribution in [0.4, 0.5) is 5.13 Å². The van der Waals surface area contributed by atoms with Crippen molar-refractivity contribution in [2.75, 3.05) is 23.8 Å². The van der Waals surface area contributed by atoms with E-state index >= 15 is 0 Å². The number of carboxylic acid groups (broad SMARTS) is 1. The summed E-state index contributed by atoms with van der Waals surface area (Å²) in [5, 5.41) is 38.6. The maximum absolute atomic E-state index is 13.2. The fourth-order valence-electron chi connectivity index (χ4n) is 4.10. The van der Waals surface area contributed by atoms with Crippen LogP contribution < -0.4 is 11.1 Å². The first-order valence-electron chi connectivity index (χ1n) is 11.7. The summed E-state index contributed by atoms with van der Waals surface area (Å²) < 4.78 is 1.41. The molecule has 2 aromatic heterocycles. The Balaban J connectivity index is 1.30. The summed E-state index contributed by atoms with van der Waals surface area (Å²) in [6.07, 6.45) is 5.11. The van der Waals surface area contributed by atoms with Crippen molar-refractivity contribution in [1.29, 1.82) is 0 Å². The van der Waals surface area contributed by atoms with Crippen LogP contribution in [0.25, 0.3) is 0 Å². The van der Waals surface area contributed by atoms with Crippen LogP contribution in [0.3, 0.4) is 0 Å². The number of anilines is 1. The van der Waals surface area contributed by atoms with Crippen LogP contribution in [-0.4, -0.2) is 99.4 Å². The molecule has 0 spiro atoms. The number of aromatic nitrogens is 5. The molecule has 0 radical (unpaired) electrons. The van der Waals surface area contributed by atoms with Crippen molar-refractivity contribution in [1.82, 2.24) is 35.4 Å². The molecule has 5 N–H and O–H groups in total. The second-order valence-corrected chi connectivity index (χ2v) is 11.4. The monoisotopic (exact) mass is 593 g/mol. The van der Waals surface area contributed by atoms with Crippen LogP contribution in [0.1, 0.15) is 18.5 Å². The molecule has 3 unspecified atom stereocenters.